The maximum atomic E-state index is 11.2. The number of aromatic nitrogens is 3. The van der Waals surface area contributed by atoms with Crippen LogP contribution in [0.1, 0.15) is 10.4 Å². The van der Waals surface area contributed by atoms with Crippen molar-refractivity contribution in [3.63, 3.8) is 0 Å². The number of hydrogen-bond acceptors (Lipinski definition) is 3. The number of carbonyl (C=O) groups is 1. The zero-order valence-corrected chi connectivity index (χ0v) is 11.1. The molecule has 1 aromatic carbocycles. The summed E-state index contributed by atoms with van der Waals surface area (Å²) in [5.74, 6) is 0. The first-order valence-corrected chi connectivity index (χ1v) is 6.62. The Morgan fingerprint density at radius 1 is 1.10 bits per heavy atom. The molecule has 0 aliphatic heterocycles. The maximum Gasteiger partial charge on any atom is 0.152 e. The van der Waals surface area contributed by atoms with Crippen LogP contribution in [0.2, 0.25) is 0 Å². The molecular weight excluding hydrogens is 262 g/mol. The molecule has 1 N–H and O–H groups in total. The van der Waals surface area contributed by atoms with Crippen LogP contribution in [0.4, 0.5) is 0 Å². The van der Waals surface area contributed by atoms with E-state index in [1.807, 2.05) is 36.7 Å². The van der Waals surface area contributed by atoms with Crippen molar-refractivity contribution in [2.75, 3.05) is 0 Å². The van der Waals surface area contributed by atoms with Crippen LogP contribution >= 0.6 is 0 Å². The van der Waals surface area contributed by atoms with E-state index in [1.54, 1.807) is 12.4 Å². The third-order valence-corrected chi connectivity index (χ3v) is 3.67. The lowest BCUT2D eigenvalue weighted by Crippen LogP contribution is -1.85. The topological polar surface area (TPSA) is 58.6 Å². The zero-order chi connectivity index (χ0) is 14.2. The van der Waals surface area contributed by atoms with E-state index >= 15 is 0 Å². The van der Waals surface area contributed by atoms with Crippen molar-refractivity contribution in [3.05, 3.63) is 60.7 Å². The summed E-state index contributed by atoms with van der Waals surface area (Å²) in [6, 6.07) is 10.1. The van der Waals surface area contributed by atoms with Crippen molar-refractivity contribution in [2.24, 2.45) is 0 Å². The van der Waals surface area contributed by atoms with Crippen LogP contribution < -0.4 is 0 Å². The minimum atomic E-state index is 0.631. The van der Waals surface area contributed by atoms with Crippen molar-refractivity contribution in [1.29, 1.82) is 0 Å². The average Bonchev–Trinajstić information content (AvgIpc) is 2.99. The molecule has 21 heavy (non-hydrogen) atoms. The van der Waals surface area contributed by atoms with Gasteiger partial charge in [0.2, 0.25) is 0 Å². The second kappa shape index (κ2) is 4.52. The number of pyridine rings is 2. The van der Waals surface area contributed by atoms with Gasteiger partial charge in [0.15, 0.2) is 6.29 Å². The first kappa shape index (κ1) is 11.8. The highest BCUT2D eigenvalue weighted by atomic mass is 16.1. The van der Waals surface area contributed by atoms with E-state index in [4.69, 9.17) is 0 Å². The Hall–Kier alpha value is -3.01. The summed E-state index contributed by atoms with van der Waals surface area (Å²) in [5, 5.41) is 2.90. The van der Waals surface area contributed by atoms with Crippen LogP contribution in [-0.4, -0.2) is 21.2 Å². The van der Waals surface area contributed by atoms with Crippen LogP contribution in [0.3, 0.4) is 0 Å². The average molecular weight is 273 g/mol. The highest BCUT2D eigenvalue weighted by molar-refractivity contribution is 6.12. The fourth-order valence-electron chi connectivity index (χ4n) is 2.64. The Kier molecular flexibility index (Phi) is 2.54. The number of nitrogens with zero attached hydrogens (tertiary/aromatic N) is 2. The Balaban J connectivity index is 2.07. The van der Waals surface area contributed by atoms with Crippen molar-refractivity contribution in [1.82, 2.24) is 15.0 Å². The van der Waals surface area contributed by atoms with Gasteiger partial charge in [-0.15, -0.1) is 0 Å². The number of carbonyl (C=O) groups excluding carboxylic acids is 1. The first-order chi connectivity index (χ1) is 10.4. The molecule has 0 radical (unpaired) electrons. The number of rotatable bonds is 2. The van der Waals surface area contributed by atoms with Crippen molar-refractivity contribution in [3.8, 4) is 11.1 Å². The Morgan fingerprint density at radius 3 is 2.86 bits per heavy atom. The fourth-order valence-corrected chi connectivity index (χ4v) is 2.64. The normalized spacial score (nSPS) is 11.0. The summed E-state index contributed by atoms with van der Waals surface area (Å²) in [6.45, 7) is 0. The summed E-state index contributed by atoms with van der Waals surface area (Å²) in [5.41, 5.74) is 3.48. The highest BCUT2D eigenvalue weighted by Gasteiger charge is 2.09. The fraction of sp³-hybridized carbons (Fsp3) is 0. The molecule has 4 nitrogen and oxygen atoms in total. The van der Waals surface area contributed by atoms with Gasteiger partial charge in [-0.2, -0.15) is 0 Å². The van der Waals surface area contributed by atoms with E-state index in [1.165, 1.54) is 0 Å². The molecule has 3 aromatic heterocycles. The van der Waals surface area contributed by atoms with Gasteiger partial charge in [-0.25, -0.2) is 4.98 Å². The molecule has 0 saturated carbocycles. The molecule has 0 bridgehead atoms. The SMILES string of the molecule is O=Cc1c[nH]c2ncc3ccc(-c4cccnc4)cc3c12. The van der Waals surface area contributed by atoms with Gasteiger partial charge in [-0.05, 0) is 23.1 Å². The predicted octanol–water partition coefficient (Wildman–Crippen LogP) is 3.59. The van der Waals surface area contributed by atoms with E-state index in [9.17, 15) is 4.79 Å². The summed E-state index contributed by atoms with van der Waals surface area (Å²) < 4.78 is 0. The molecule has 0 unspecified atom stereocenters. The van der Waals surface area contributed by atoms with E-state index in [2.05, 4.69) is 21.0 Å². The number of hydrogen-bond donors (Lipinski definition) is 1. The monoisotopic (exact) mass is 273 g/mol. The number of aldehydes is 1. The Labute approximate surface area is 120 Å². The minimum absolute atomic E-state index is 0.631. The van der Waals surface area contributed by atoms with Crippen LogP contribution in [-0.2, 0) is 0 Å². The number of fused-ring (bicyclic) bond motifs is 3. The van der Waals surface area contributed by atoms with Gasteiger partial charge >= 0.3 is 0 Å². The zero-order valence-electron chi connectivity index (χ0n) is 11.1. The molecule has 100 valence electrons. The Bertz CT molecular complexity index is 958. The van der Waals surface area contributed by atoms with Crippen molar-refractivity contribution < 1.29 is 4.79 Å². The van der Waals surface area contributed by atoms with Crippen LogP contribution in [0.5, 0.6) is 0 Å². The van der Waals surface area contributed by atoms with E-state index < -0.39 is 0 Å². The second-order valence-electron chi connectivity index (χ2n) is 4.89. The summed E-state index contributed by atoms with van der Waals surface area (Å²) >= 11 is 0. The molecular formula is C17H11N3O. The number of benzene rings is 1. The standard InChI is InChI=1S/C17H11N3O/c21-10-14-9-20-17-16(14)15-6-11(3-4-13(15)8-19-17)12-2-1-5-18-7-12/h1-10H,(H,19,20). The first-order valence-electron chi connectivity index (χ1n) is 6.62. The molecule has 0 aliphatic rings. The van der Waals surface area contributed by atoms with E-state index in [-0.39, 0.29) is 0 Å². The van der Waals surface area contributed by atoms with E-state index in [0.717, 1.165) is 39.2 Å². The number of aromatic amines is 1. The second-order valence-corrected chi connectivity index (χ2v) is 4.89. The van der Waals surface area contributed by atoms with Gasteiger partial charge < -0.3 is 4.98 Å². The summed E-state index contributed by atoms with van der Waals surface area (Å²) in [4.78, 5) is 22.8. The molecule has 4 heteroatoms. The van der Waals surface area contributed by atoms with Crippen LogP contribution in [0.15, 0.2) is 55.1 Å². The van der Waals surface area contributed by atoms with Crippen LogP contribution in [0, 0.1) is 0 Å². The third-order valence-electron chi connectivity index (χ3n) is 3.67. The molecule has 3 heterocycles. The quantitative estimate of drug-likeness (QED) is 0.568. The molecule has 0 fully saturated rings. The van der Waals surface area contributed by atoms with Gasteiger partial charge in [0.05, 0.1) is 0 Å². The Morgan fingerprint density at radius 2 is 2.05 bits per heavy atom. The summed E-state index contributed by atoms with van der Waals surface area (Å²) in [6.07, 6.45) is 7.95. The molecule has 0 spiro atoms. The van der Waals surface area contributed by atoms with Crippen molar-refractivity contribution >= 4 is 28.1 Å². The van der Waals surface area contributed by atoms with Gasteiger partial charge in [-0.1, -0.05) is 18.2 Å². The van der Waals surface area contributed by atoms with Gasteiger partial charge in [0, 0.05) is 46.7 Å². The number of H-pyrrole nitrogens is 1. The van der Waals surface area contributed by atoms with Crippen molar-refractivity contribution in [2.45, 2.75) is 0 Å². The predicted molar refractivity (Wildman–Crippen MR) is 82.2 cm³/mol. The lowest BCUT2D eigenvalue weighted by atomic mass is 10.0. The highest BCUT2D eigenvalue weighted by Crippen LogP contribution is 2.29. The lowest BCUT2D eigenvalue weighted by Gasteiger charge is -2.05. The third kappa shape index (κ3) is 1.80. The van der Waals surface area contributed by atoms with E-state index in [0.29, 0.717) is 5.56 Å². The maximum absolute atomic E-state index is 11.2. The lowest BCUT2D eigenvalue weighted by molar-refractivity contribution is 0.112. The van der Waals surface area contributed by atoms with Gasteiger partial charge in [0.25, 0.3) is 0 Å². The number of nitrogens with one attached hydrogen (secondary N) is 1. The largest absolute Gasteiger partial charge is 0.345 e. The molecule has 0 saturated heterocycles. The molecule has 4 rings (SSSR count). The molecule has 0 atom stereocenters. The summed E-state index contributed by atoms with van der Waals surface area (Å²) in [7, 11) is 0. The minimum Gasteiger partial charge on any atom is -0.345 e. The van der Waals surface area contributed by atoms with Crippen LogP contribution in [0.25, 0.3) is 32.9 Å². The molecule has 0 amide bonds. The van der Waals surface area contributed by atoms with Gasteiger partial charge in [-0.3, -0.25) is 9.78 Å². The molecule has 4 aromatic rings. The molecule has 0 aliphatic carbocycles. The smallest absolute Gasteiger partial charge is 0.152 e. The van der Waals surface area contributed by atoms with Gasteiger partial charge in [0.1, 0.15) is 5.65 Å².